The molecule has 1 aromatic rings. The molecule has 4 nitrogen and oxygen atoms in total. The van der Waals surface area contributed by atoms with E-state index in [9.17, 15) is 0 Å². The zero-order valence-electron chi connectivity index (χ0n) is 8.98. The third-order valence-electron chi connectivity index (χ3n) is 2.43. The SMILES string of the molecule is Cc1c(N)cccc1N(CCO)CCO. The molecule has 1 rings (SSSR count). The average Bonchev–Trinajstić information content (AvgIpc) is 2.22. The highest BCUT2D eigenvalue weighted by molar-refractivity contribution is 5.64. The van der Waals surface area contributed by atoms with Gasteiger partial charge in [-0.15, -0.1) is 0 Å². The second-order valence-corrected chi connectivity index (χ2v) is 3.43. The fraction of sp³-hybridized carbons (Fsp3) is 0.455. The first-order chi connectivity index (χ1) is 7.20. The molecule has 0 aliphatic carbocycles. The Bertz CT molecular complexity index is 309. The Labute approximate surface area is 89.9 Å². The summed E-state index contributed by atoms with van der Waals surface area (Å²) >= 11 is 0. The molecule has 0 atom stereocenters. The molecule has 4 N–H and O–H groups in total. The maximum Gasteiger partial charge on any atom is 0.0606 e. The third-order valence-corrected chi connectivity index (χ3v) is 2.43. The van der Waals surface area contributed by atoms with Crippen LogP contribution in [-0.2, 0) is 0 Å². The lowest BCUT2D eigenvalue weighted by Crippen LogP contribution is -2.30. The Kier molecular flexibility index (Phi) is 4.39. The highest BCUT2D eigenvalue weighted by Gasteiger charge is 2.09. The van der Waals surface area contributed by atoms with Gasteiger partial charge in [-0.05, 0) is 24.6 Å². The van der Waals surface area contributed by atoms with Gasteiger partial charge in [0.05, 0.1) is 13.2 Å². The molecule has 0 aromatic heterocycles. The van der Waals surface area contributed by atoms with E-state index >= 15 is 0 Å². The number of hydrogen-bond donors (Lipinski definition) is 3. The van der Waals surface area contributed by atoms with E-state index < -0.39 is 0 Å². The summed E-state index contributed by atoms with van der Waals surface area (Å²) < 4.78 is 0. The van der Waals surface area contributed by atoms with Crippen molar-refractivity contribution < 1.29 is 10.2 Å². The van der Waals surface area contributed by atoms with Gasteiger partial charge < -0.3 is 20.8 Å². The molecule has 0 radical (unpaired) electrons. The van der Waals surface area contributed by atoms with E-state index in [1.54, 1.807) is 0 Å². The number of nitrogens with two attached hydrogens (primary N) is 1. The molecule has 15 heavy (non-hydrogen) atoms. The smallest absolute Gasteiger partial charge is 0.0606 e. The Morgan fingerprint density at radius 1 is 1.20 bits per heavy atom. The summed E-state index contributed by atoms with van der Waals surface area (Å²) in [5, 5.41) is 17.9. The number of benzene rings is 1. The maximum atomic E-state index is 8.93. The lowest BCUT2D eigenvalue weighted by Gasteiger charge is -2.25. The maximum absolute atomic E-state index is 8.93. The molecular weight excluding hydrogens is 192 g/mol. The minimum atomic E-state index is 0.0637. The molecule has 0 saturated carbocycles. The van der Waals surface area contributed by atoms with Crippen molar-refractivity contribution in [3.8, 4) is 0 Å². The van der Waals surface area contributed by atoms with Gasteiger partial charge in [0.2, 0.25) is 0 Å². The van der Waals surface area contributed by atoms with Gasteiger partial charge in [-0.25, -0.2) is 0 Å². The number of nitrogen functional groups attached to an aromatic ring is 1. The Morgan fingerprint density at radius 3 is 2.33 bits per heavy atom. The van der Waals surface area contributed by atoms with E-state index in [1.165, 1.54) is 0 Å². The van der Waals surface area contributed by atoms with Gasteiger partial charge in [0.15, 0.2) is 0 Å². The largest absolute Gasteiger partial charge is 0.398 e. The fourth-order valence-corrected chi connectivity index (χ4v) is 1.58. The second kappa shape index (κ2) is 5.58. The van der Waals surface area contributed by atoms with Crippen LogP contribution in [0.1, 0.15) is 5.56 Å². The molecule has 4 heteroatoms. The minimum absolute atomic E-state index is 0.0637. The van der Waals surface area contributed by atoms with Gasteiger partial charge in [-0.1, -0.05) is 6.07 Å². The number of rotatable bonds is 5. The number of anilines is 2. The van der Waals surface area contributed by atoms with E-state index in [4.69, 9.17) is 15.9 Å². The molecule has 0 unspecified atom stereocenters. The Hall–Kier alpha value is -1.26. The lowest BCUT2D eigenvalue weighted by atomic mass is 10.1. The summed E-state index contributed by atoms with van der Waals surface area (Å²) in [6, 6.07) is 5.66. The predicted octanol–water partition coefficient (Wildman–Crippen LogP) is 0.368. The van der Waals surface area contributed by atoms with Gasteiger partial charge in [-0.2, -0.15) is 0 Å². The number of hydrogen-bond acceptors (Lipinski definition) is 4. The van der Waals surface area contributed by atoms with Crippen molar-refractivity contribution in [3.05, 3.63) is 23.8 Å². The summed E-state index contributed by atoms with van der Waals surface area (Å²) in [4.78, 5) is 1.92. The zero-order valence-corrected chi connectivity index (χ0v) is 8.98. The van der Waals surface area contributed by atoms with E-state index in [2.05, 4.69) is 0 Å². The van der Waals surface area contributed by atoms with Crippen molar-refractivity contribution in [2.24, 2.45) is 0 Å². The van der Waals surface area contributed by atoms with Crippen LogP contribution in [0.25, 0.3) is 0 Å². The highest BCUT2D eigenvalue weighted by Crippen LogP contribution is 2.24. The standard InChI is InChI=1S/C11H18N2O2/c1-9-10(12)3-2-4-11(9)13(5-7-14)6-8-15/h2-4,14-15H,5-8,12H2,1H3. The summed E-state index contributed by atoms with van der Waals surface area (Å²) in [5.74, 6) is 0. The van der Waals surface area contributed by atoms with Crippen LogP contribution >= 0.6 is 0 Å². The summed E-state index contributed by atoms with van der Waals surface area (Å²) in [6.07, 6.45) is 0. The first-order valence-electron chi connectivity index (χ1n) is 5.02. The van der Waals surface area contributed by atoms with Crippen molar-refractivity contribution in [2.75, 3.05) is 36.9 Å². The molecule has 0 fully saturated rings. The van der Waals surface area contributed by atoms with Crippen LogP contribution in [0.4, 0.5) is 11.4 Å². The van der Waals surface area contributed by atoms with Gasteiger partial charge in [-0.3, -0.25) is 0 Å². The van der Waals surface area contributed by atoms with Crippen LogP contribution in [0.15, 0.2) is 18.2 Å². The second-order valence-electron chi connectivity index (χ2n) is 3.43. The van der Waals surface area contributed by atoms with Crippen LogP contribution < -0.4 is 10.6 Å². The monoisotopic (exact) mass is 210 g/mol. The Balaban J connectivity index is 2.94. The van der Waals surface area contributed by atoms with Crippen LogP contribution in [0.2, 0.25) is 0 Å². The molecule has 84 valence electrons. The first kappa shape index (κ1) is 11.8. The van der Waals surface area contributed by atoms with Crippen molar-refractivity contribution in [2.45, 2.75) is 6.92 Å². The summed E-state index contributed by atoms with van der Waals surface area (Å²) in [5.41, 5.74) is 8.49. The number of aliphatic hydroxyl groups excluding tert-OH is 2. The van der Waals surface area contributed by atoms with Crippen LogP contribution in [0.3, 0.4) is 0 Å². The van der Waals surface area contributed by atoms with Crippen molar-refractivity contribution >= 4 is 11.4 Å². The van der Waals surface area contributed by atoms with Gasteiger partial charge >= 0.3 is 0 Å². The van der Waals surface area contributed by atoms with Crippen molar-refractivity contribution in [3.63, 3.8) is 0 Å². The molecule has 0 heterocycles. The molecular formula is C11H18N2O2. The van der Waals surface area contributed by atoms with E-state index in [1.807, 2.05) is 30.0 Å². The minimum Gasteiger partial charge on any atom is -0.398 e. The van der Waals surface area contributed by atoms with E-state index in [0.29, 0.717) is 13.1 Å². The topological polar surface area (TPSA) is 69.7 Å². The molecule has 0 aliphatic heterocycles. The molecule has 0 amide bonds. The van der Waals surface area contributed by atoms with Crippen molar-refractivity contribution in [1.29, 1.82) is 0 Å². The van der Waals surface area contributed by atoms with Gasteiger partial charge in [0.25, 0.3) is 0 Å². The van der Waals surface area contributed by atoms with Crippen LogP contribution in [0, 0.1) is 6.92 Å². The highest BCUT2D eigenvalue weighted by atomic mass is 16.3. The molecule has 0 spiro atoms. The lowest BCUT2D eigenvalue weighted by molar-refractivity contribution is 0.281. The molecule has 0 bridgehead atoms. The van der Waals surface area contributed by atoms with Crippen LogP contribution in [-0.4, -0.2) is 36.5 Å². The Morgan fingerprint density at radius 2 is 1.80 bits per heavy atom. The fourth-order valence-electron chi connectivity index (χ4n) is 1.58. The normalized spacial score (nSPS) is 10.3. The quantitative estimate of drug-likeness (QED) is 0.614. The van der Waals surface area contributed by atoms with Crippen molar-refractivity contribution in [1.82, 2.24) is 0 Å². The third kappa shape index (κ3) is 2.84. The summed E-state index contributed by atoms with van der Waals surface area (Å²) in [7, 11) is 0. The zero-order chi connectivity index (χ0) is 11.3. The van der Waals surface area contributed by atoms with Gasteiger partial charge in [0.1, 0.15) is 0 Å². The predicted molar refractivity (Wildman–Crippen MR) is 62.0 cm³/mol. The summed E-state index contributed by atoms with van der Waals surface area (Å²) in [6.45, 7) is 3.07. The number of nitrogens with zero attached hydrogens (tertiary/aromatic N) is 1. The van der Waals surface area contributed by atoms with E-state index in [-0.39, 0.29) is 13.2 Å². The number of aliphatic hydroxyl groups is 2. The van der Waals surface area contributed by atoms with E-state index in [0.717, 1.165) is 16.9 Å². The van der Waals surface area contributed by atoms with Crippen LogP contribution in [0.5, 0.6) is 0 Å². The molecule has 1 aromatic carbocycles. The average molecular weight is 210 g/mol. The molecule has 0 aliphatic rings. The molecule has 0 saturated heterocycles. The van der Waals surface area contributed by atoms with Gasteiger partial charge in [0, 0.05) is 24.5 Å². The first-order valence-corrected chi connectivity index (χ1v) is 5.02.